The van der Waals surface area contributed by atoms with Crippen LogP contribution in [-0.4, -0.2) is 22.5 Å². The van der Waals surface area contributed by atoms with E-state index in [1.165, 1.54) is 25.1 Å². The predicted molar refractivity (Wildman–Crippen MR) is 68.3 cm³/mol. The summed E-state index contributed by atoms with van der Waals surface area (Å²) >= 11 is 1.68. The van der Waals surface area contributed by atoms with Gasteiger partial charge in [0, 0.05) is 24.5 Å². The third kappa shape index (κ3) is 2.62. The lowest BCUT2D eigenvalue weighted by Gasteiger charge is -2.37. The maximum atomic E-state index is 5.58. The van der Waals surface area contributed by atoms with Gasteiger partial charge in [0.05, 0.1) is 5.69 Å². The molecule has 0 aliphatic carbocycles. The van der Waals surface area contributed by atoms with Crippen molar-refractivity contribution in [1.29, 1.82) is 0 Å². The van der Waals surface area contributed by atoms with Gasteiger partial charge in [-0.15, -0.1) is 11.3 Å². The largest absolute Gasteiger partial charge is 0.325 e. The molecule has 0 saturated carbocycles. The molecule has 2 unspecified atom stereocenters. The van der Waals surface area contributed by atoms with E-state index in [2.05, 4.69) is 29.1 Å². The molecule has 0 amide bonds. The lowest BCUT2D eigenvalue weighted by molar-refractivity contribution is 0.105. The molecule has 90 valence electrons. The third-order valence-corrected chi connectivity index (χ3v) is 4.56. The predicted octanol–water partition coefficient (Wildman–Crippen LogP) is 2.22. The molecule has 1 aliphatic heterocycles. The van der Waals surface area contributed by atoms with E-state index >= 15 is 0 Å². The number of nitrogens with zero attached hydrogens (tertiary/aromatic N) is 2. The number of thiazole rings is 1. The molecular formula is C12H21N3S. The fraction of sp³-hybridized carbons (Fsp3) is 0.750. The minimum atomic E-state index is 0.566. The van der Waals surface area contributed by atoms with Crippen LogP contribution < -0.4 is 5.73 Å². The first-order valence-corrected chi connectivity index (χ1v) is 6.96. The molecule has 1 fully saturated rings. The summed E-state index contributed by atoms with van der Waals surface area (Å²) in [4.78, 5) is 7.08. The van der Waals surface area contributed by atoms with Gasteiger partial charge in [-0.2, -0.15) is 0 Å². The molecule has 0 spiro atoms. The number of nitrogens with two attached hydrogens (primary N) is 1. The van der Waals surface area contributed by atoms with E-state index in [1.54, 1.807) is 11.3 Å². The number of rotatable bonds is 3. The van der Waals surface area contributed by atoms with Crippen LogP contribution in [0.15, 0.2) is 5.38 Å². The molecule has 16 heavy (non-hydrogen) atoms. The maximum absolute atomic E-state index is 5.58. The first kappa shape index (κ1) is 12.0. The Morgan fingerprint density at radius 1 is 1.56 bits per heavy atom. The number of likely N-dealkylation sites (tertiary alicyclic amines) is 1. The summed E-state index contributed by atoms with van der Waals surface area (Å²) in [6.07, 6.45) is 2.68. The Labute approximate surface area is 102 Å². The molecule has 2 N–H and O–H groups in total. The van der Waals surface area contributed by atoms with Gasteiger partial charge in [-0.05, 0) is 32.2 Å². The molecule has 1 aromatic rings. The lowest BCUT2D eigenvalue weighted by Crippen LogP contribution is -2.41. The van der Waals surface area contributed by atoms with Crippen molar-refractivity contribution in [1.82, 2.24) is 9.88 Å². The van der Waals surface area contributed by atoms with Gasteiger partial charge in [0.15, 0.2) is 0 Å². The molecule has 2 atom stereocenters. The Morgan fingerprint density at radius 3 is 3.06 bits per heavy atom. The van der Waals surface area contributed by atoms with E-state index in [1.807, 2.05) is 0 Å². The quantitative estimate of drug-likeness (QED) is 0.879. The maximum Gasteiger partial charge on any atom is 0.106 e. The normalized spacial score (nSPS) is 27.2. The van der Waals surface area contributed by atoms with Gasteiger partial charge in [0.25, 0.3) is 0 Å². The molecule has 2 heterocycles. The summed E-state index contributed by atoms with van der Waals surface area (Å²) < 4.78 is 0. The minimum absolute atomic E-state index is 0.566. The fourth-order valence-electron chi connectivity index (χ4n) is 2.37. The van der Waals surface area contributed by atoms with Crippen molar-refractivity contribution in [2.75, 3.05) is 6.54 Å². The Hall–Kier alpha value is -0.450. The van der Waals surface area contributed by atoms with Crippen LogP contribution >= 0.6 is 11.3 Å². The average Bonchev–Trinajstić information content (AvgIpc) is 2.73. The minimum Gasteiger partial charge on any atom is -0.325 e. The Balaban J connectivity index is 1.97. The summed E-state index contributed by atoms with van der Waals surface area (Å²) in [6.45, 7) is 7.45. The van der Waals surface area contributed by atoms with Crippen molar-refractivity contribution >= 4 is 11.3 Å². The standard InChI is InChI=1S/C12H21N3S/c1-9-4-3-5-15(10(9)2)7-11-8-16-12(6-13)14-11/h8-10H,3-7,13H2,1-2H3. The molecular weight excluding hydrogens is 218 g/mol. The van der Waals surface area contributed by atoms with Crippen LogP contribution in [0.3, 0.4) is 0 Å². The molecule has 4 heteroatoms. The summed E-state index contributed by atoms with van der Waals surface area (Å²) in [5, 5.41) is 3.20. The fourth-order valence-corrected chi connectivity index (χ4v) is 3.03. The van der Waals surface area contributed by atoms with Crippen LogP contribution in [0.5, 0.6) is 0 Å². The zero-order chi connectivity index (χ0) is 11.5. The van der Waals surface area contributed by atoms with E-state index in [9.17, 15) is 0 Å². The van der Waals surface area contributed by atoms with Gasteiger partial charge in [0.1, 0.15) is 5.01 Å². The van der Waals surface area contributed by atoms with Gasteiger partial charge in [0.2, 0.25) is 0 Å². The summed E-state index contributed by atoms with van der Waals surface area (Å²) in [6, 6.07) is 0.678. The first-order chi connectivity index (χ1) is 7.70. The average molecular weight is 239 g/mol. The van der Waals surface area contributed by atoms with Gasteiger partial charge >= 0.3 is 0 Å². The molecule has 0 bridgehead atoms. The lowest BCUT2D eigenvalue weighted by atomic mass is 9.92. The second kappa shape index (κ2) is 5.25. The van der Waals surface area contributed by atoms with Gasteiger partial charge in [-0.1, -0.05) is 6.92 Å². The van der Waals surface area contributed by atoms with E-state index in [0.717, 1.165) is 17.5 Å². The van der Waals surface area contributed by atoms with E-state index < -0.39 is 0 Å². The Bertz CT molecular complexity index is 337. The molecule has 0 aromatic carbocycles. The summed E-state index contributed by atoms with van der Waals surface area (Å²) in [5.74, 6) is 0.807. The van der Waals surface area contributed by atoms with E-state index in [-0.39, 0.29) is 0 Å². The third-order valence-electron chi connectivity index (χ3n) is 3.64. The van der Waals surface area contributed by atoms with Gasteiger partial charge < -0.3 is 5.73 Å². The van der Waals surface area contributed by atoms with Crippen LogP contribution in [0.2, 0.25) is 0 Å². The highest BCUT2D eigenvalue weighted by atomic mass is 32.1. The smallest absolute Gasteiger partial charge is 0.106 e. The number of piperidine rings is 1. The molecule has 0 radical (unpaired) electrons. The monoisotopic (exact) mass is 239 g/mol. The molecule has 2 rings (SSSR count). The second-order valence-corrected chi connectivity index (χ2v) is 5.71. The van der Waals surface area contributed by atoms with Crippen LogP contribution in [0.25, 0.3) is 0 Å². The topological polar surface area (TPSA) is 42.1 Å². The highest BCUT2D eigenvalue weighted by Crippen LogP contribution is 2.24. The zero-order valence-electron chi connectivity index (χ0n) is 10.1. The highest BCUT2D eigenvalue weighted by Gasteiger charge is 2.24. The van der Waals surface area contributed by atoms with Gasteiger partial charge in [-0.3, -0.25) is 4.90 Å². The van der Waals surface area contributed by atoms with E-state index in [0.29, 0.717) is 12.6 Å². The summed E-state index contributed by atoms with van der Waals surface area (Å²) in [5.41, 5.74) is 6.77. The summed E-state index contributed by atoms with van der Waals surface area (Å²) in [7, 11) is 0. The Kier molecular flexibility index (Phi) is 3.95. The van der Waals surface area contributed by atoms with Crippen LogP contribution in [0.1, 0.15) is 37.4 Å². The van der Waals surface area contributed by atoms with Crippen molar-refractivity contribution in [3.63, 3.8) is 0 Å². The molecule has 3 nitrogen and oxygen atoms in total. The number of hydrogen-bond acceptors (Lipinski definition) is 4. The van der Waals surface area contributed by atoms with Crippen molar-refractivity contribution in [2.45, 2.75) is 45.8 Å². The van der Waals surface area contributed by atoms with Crippen molar-refractivity contribution in [3.05, 3.63) is 16.1 Å². The van der Waals surface area contributed by atoms with Crippen LogP contribution in [0.4, 0.5) is 0 Å². The molecule has 1 saturated heterocycles. The van der Waals surface area contributed by atoms with Crippen LogP contribution in [-0.2, 0) is 13.1 Å². The van der Waals surface area contributed by atoms with Gasteiger partial charge in [-0.25, -0.2) is 4.98 Å². The van der Waals surface area contributed by atoms with Crippen LogP contribution in [0, 0.1) is 5.92 Å². The van der Waals surface area contributed by atoms with Crippen molar-refractivity contribution < 1.29 is 0 Å². The first-order valence-electron chi connectivity index (χ1n) is 6.08. The van der Waals surface area contributed by atoms with Crippen molar-refractivity contribution in [2.24, 2.45) is 11.7 Å². The number of aromatic nitrogens is 1. The van der Waals surface area contributed by atoms with E-state index in [4.69, 9.17) is 5.73 Å². The second-order valence-electron chi connectivity index (χ2n) is 4.77. The van der Waals surface area contributed by atoms with Crippen molar-refractivity contribution in [3.8, 4) is 0 Å². The number of hydrogen-bond donors (Lipinski definition) is 1. The highest BCUT2D eigenvalue weighted by molar-refractivity contribution is 7.09. The Morgan fingerprint density at radius 2 is 2.38 bits per heavy atom. The molecule has 1 aliphatic rings. The molecule has 1 aromatic heterocycles. The zero-order valence-corrected chi connectivity index (χ0v) is 11.0. The SMILES string of the molecule is CC1CCCN(Cc2csc(CN)n2)C1C.